The number of hydrogen-bond acceptors (Lipinski definition) is 3. The number of nitrogens with zero attached hydrogens (tertiary/aromatic N) is 2. The molecule has 0 aliphatic rings. The van der Waals surface area contributed by atoms with Gasteiger partial charge in [-0.05, 0) is 18.6 Å². The highest BCUT2D eigenvalue weighted by Gasteiger charge is 2.16. The number of carbonyl (C=O) groups excluding carboxylic acids is 1. The van der Waals surface area contributed by atoms with Crippen LogP contribution in [0.1, 0.15) is 23.8 Å². The number of benzene rings is 1. The van der Waals surface area contributed by atoms with E-state index < -0.39 is 0 Å². The summed E-state index contributed by atoms with van der Waals surface area (Å²) in [6.07, 6.45) is 2.46. The molecule has 0 aliphatic heterocycles. The van der Waals surface area contributed by atoms with Crippen molar-refractivity contribution < 1.29 is 9.90 Å². The third-order valence-corrected chi connectivity index (χ3v) is 3.56. The zero-order valence-electron chi connectivity index (χ0n) is 11.8. The lowest BCUT2D eigenvalue weighted by molar-refractivity contribution is 0.0549. The van der Waals surface area contributed by atoms with Crippen LogP contribution >= 0.6 is 0 Å². The van der Waals surface area contributed by atoms with Crippen molar-refractivity contribution in [3.63, 3.8) is 0 Å². The molecule has 1 aromatic carbocycles. The maximum absolute atomic E-state index is 12.4. The number of aromatic nitrogens is 2. The lowest BCUT2D eigenvalue weighted by Gasteiger charge is -2.18. The fourth-order valence-electron chi connectivity index (χ4n) is 2.54. The summed E-state index contributed by atoms with van der Waals surface area (Å²) >= 11 is 0. The molecule has 2 heterocycles. The predicted molar refractivity (Wildman–Crippen MR) is 82.0 cm³/mol. The van der Waals surface area contributed by atoms with Crippen LogP contribution in [0.2, 0.25) is 0 Å². The molecule has 5 heteroatoms. The first-order valence-electron chi connectivity index (χ1n) is 7.01. The van der Waals surface area contributed by atoms with Crippen molar-refractivity contribution in [2.45, 2.75) is 13.3 Å². The predicted octanol–water partition coefficient (Wildman–Crippen LogP) is 2.52. The van der Waals surface area contributed by atoms with Crippen LogP contribution in [-0.4, -0.2) is 39.2 Å². The molecule has 0 spiro atoms. The van der Waals surface area contributed by atoms with Gasteiger partial charge in [0.15, 0.2) is 0 Å². The van der Waals surface area contributed by atoms with Gasteiger partial charge in [-0.3, -0.25) is 4.79 Å². The lowest BCUT2D eigenvalue weighted by atomic mass is 10.1. The van der Waals surface area contributed by atoms with E-state index in [-0.39, 0.29) is 12.6 Å². The Bertz CT molecular complexity index is 794. The van der Waals surface area contributed by atoms with E-state index in [9.17, 15) is 9.90 Å². The Hall–Kier alpha value is -2.40. The quantitative estimate of drug-likeness (QED) is 0.723. The van der Waals surface area contributed by atoms with E-state index in [2.05, 4.69) is 9.97 Å². The summed E-state index contributed by atoms with van der Waals surface area (Å²) in [5.74, 6) is -0.244. The lowest BCUT2D eigenvalue weighted by Crippen LogP contribution is -2.33. The molecular formula is C16H17N3O2. The first kappa shape index (κ1) is 13.6. The summed E-state index contributed by atoms with van der Waals surface area (Å²) in [5, 5.41) is 11.3. The molecule has 2 N–H and O–H groups in total. The van der Waals surface area contributed by atoms with Gasteiger partial charge in [0.05, 0.1) is 11.7 Å². The molecular weight excluding hydrogens is 266 g/mol. The molecule has 0 aliphatic carbocycles. The standard InChI is InChI=1S/C16H17N3O2/c1-2-7-19(10-20)16(21)14-8-12-11-5-3-4-6-13(11)18-15(12)9-17-14/h3-6,8-9,18,20H,2,7,10H2,1H3. The van der Waals surface area contributed by atoms with Crippen LogP contribution in [0.15, 0.2) is 36.5 Å². The Morgan fingerprint density at radius 3 is 2.86 bits per heavy atom. The minimum atomic E-state index is -0.291. The fraction of sp³-hybridized carbons (Fsp3) is 0.250. The van der Waals surface area contributed by atoms with Crippen LogP contribution in [0.4, 0.5) is 0 Å². The zero-order valence-corrected chi connectivity index (χ0v) is 11.8. The van der Waals surface area contributed by atoms with Gasteiger partial charge in [-0.25, -0.2) is 4.98 Å². The number of H-pyrrole nitrogens is 1. The molecule has 0 bridgehead atoms. The van der Waals surface area contributed by atoms with E-state index in [4.69, 9.17) is 0 Å². The van der Waals surface area contributed by atoms with Gasteiger partial charge in [-0.15, -0.1) is 0 Å². The van der Waals surface area contributed by atoms with E-state index in [0.717, 1.165) is 28.2 Å². The van der Waals surface area contributed by atoms with Crippen molar-refractivity contribution in [3.8, 4) is 0 Å². The topological polar surface area (TPSA) is 69.2 Å². The third-order valence-electron chi connectivity index (χ3n) is 3.56. The number of para-hydroxylation sites is 1. The molecule has 3 aromatic rings. The van der Waals surface area contributed by atoms with Crippen molar-refractivity contribution >= 4 is 27.7 Å². The number of hydrogen-bond donors (Lipinski definition) is 2. The monoisotopic (exact) mass is 283 g/mol. The molecule has 0 fully saturated rings. The first-order valence-corrected chi connectivity index (χ1v) is 7.01. The Labute approximate surface area is 122 Å². The smallest absolute Gasteiger partial charge is 0.274 e. The van der Waals surface area contributed by atoms with E-state index in [1.807, 2.05) is 31.2 Å². The summed E-state index contributed by atoms with van der Waals surface area (Å²) in [5.41, 5.74) is 2.28. The fourth-order valence-corrected chi connectivity index (χ4v) is 2.54. The van der Waals surface area contributed by atoms with E-state index >= 15 is 0 Å². The minimum Gasteiger partial charge on any atom is -0.376 e. The number of aromatic amines is 1. The molecule has 0 atom stereocenters. The Kier molecular flexibility index (Phi) is 3.58. The van der Waals surface area contributed by atoms with Gasteiger partial charge in [-0.2, -0.15) is 0 Å². The van der Waals surface area contributed by atoms with Crippen LogP contribution in [0.3, 0.4) is 0 Å². The Morgan fingerprint density at radius 2 is 2.10 bits per heavy atom. The zero-order chi connectivity index (χ0) is 14.8. The number of aliphatic hydroxyl groups excluding tert-OH is 1. The van der Waals surface area contributed by atoms with E-state index in [1.54, 1.807) is 12.3 Å². The van der Waals surface area contributed by atoms with Gasteiger partial charge < -0.3 is 15.0 Å². The molecule has 3 rings (SSSR count). The van der Waals surface area contributed by atoms with E-state index in [1.165, 1.54) is 4.90 Å². The van der Waals surface area contributed by atoms with Gasteiger partial charge in [0, 0.05) is 22.8 Å². The summed E-state index contributed by atoms with van der Waals surface area (Å²) in [6, 6.07) is 9.72. The van der Waals surface area contributed by atoms with Crippen molar-refractivity contribution in [1.29, 1.82) is 0 Å². The molecule has 108 valence electrons. The summed E-state index contributed by atoms with van der Waals surface area (Å²) in [4.78, 5) is 21.2. The maximum atomic E-state index is 12.4. The molecule has 0 unspecified atom stereocenters. The summed E-state index contributed by atoms with van der Waals surface area (Å²) in [7, 11) is 0. The number of pyridine rings is 1. The molecule has 0 saturated carbocycles. The van der Waals surface area contributed by atoms with Crippen LogP contribution in [0.25, 0.3) is 21.8 Å². The van der Waals surface area contributed by atoms with Crippen LogP contribution in [-0.2, 0) is 0 Å². The number of aliphatic hydroxyl groups is 1. The van der Waals surface area contributed by atoms with Gasteiger partial charge in [0.2, 0.25) is 0 Å². The molecule has 5 nitrogen and oxygen atoms in total. The molecule has 1 amide bonds. The van der Waals surface area contributed by atoms with Crippen molar-refractivity contribution in [2.24, 2.45) is 0 Å². The molecule has 21 heavy (non-hydrogen) atoms. The highest BCUT2D eigenvalue weighted by molar-refractivity contribution is 6.09. The maximum Gasteiger partial charge on any atom is 0.274 e. The summed E-state index contributed by atoms with van der Waals surface area (Å²) < 4.78 is 0. The molecule has 2 aromatic heterocycles. The number of amides is 1. The normalized spacial score (nSPS) is 11.1. The van der Waals surface area contributed by atoms with Gasteiger partial charge in [-0.1, -0.05) is 25.1 Å². The number of rotatable bonds is 4. The SMILES string of the molecule is CCCN(CO)C(=O)c1cc2c(cn1)[nH]c1ccccc12. The van der Waals surface area contributed by atoms with Crippen molar-refractivity contribution in [2.75, 3.05) is 13.3 Å². The van der Waals surface area contributed by atoms with E-state index in [0.29, 0.717) is 12.2 Å². The van der Waals surface area contributed by atoms with Gasteiger partial charge >= 0.3 is 0 Å². The number of carbonyl (C=O) groups is 1. The second-order valence-corrected chi connectivity index (χ2v) is 5.00. The van der Waals surface area contributed by atoms with Gasteiger partial charge in [0.25, 0.3) is 5.91 Å². The highest BCUT2D eigenvalue weighted by Crippen LogP contribution is 2.25. The average molecular weight is 283 g/mol. The Balaban J connectivity index is 2.07. The average Bonchev–Trinajstić information content (AvgIpc) is 2.89. The molecule has 0 saturated heterocycles. The van der Waals surface area contributed by atoms with Crippen molar-refractivity contribution in [3.05, 3.63) is 42.2 Å². The number of fused-ring (bicyclic) bond motifs is 3. The second-order valence-electron chi connectivity index (χ2n) is 5.00. The first-order chi connectivity index (χ1) is 10.2. The van der Waals surface area contributed by atoms with Crippen LogP contribution < -0.4 is 0 Å². The second kappa shape index (κ2) is 5.54. The summed E-state index contributed by atoms with van der Waals surface area (Å²) in [6.45, 7) is 2.19. The molecule has 0 radical (unpaired) electrons. The largest absolute Gasteiger partial charge is 0.376 e. The van der Waals surface area contributed by atoms with Crippen molar-refractivity contribution in [1.82, 2.24) is 14.9 Å². The van der Waals surface area contributed by atoms with Crippen LogP contribution in [0.5, 0.6) is 0 Å². The highest BCUT2D eigenvalue weighted by atomic mass is 16.3. The van der Waals surface area contributed by atoms with Crippen LogP contribution in [0, 0.1) is 0 Å². The number of nitrogens with one attached hydrogen (secondary N) is 1. The Morgan fingerprint density at radius 1 is 1.29 bits per heavy atom. The minimum absolute atomic E-state index is 0.244. The third kappa shape index (κ3) is 2.36. The van der Waals surface area contributed by atoms with Gasteiger partial charge in [0.1, 0.15) is 12.4 Å².